The van der Waals surface area contributed by atoms with Crippen LogP contribution in [0.5, 0.6) is 5.75 Å². The van der Waals surface area contributed by atoms with Crippen molar-refractivity contribution in [2.75, 3.05) is 18.1 Å². The molecule has 0 bridgehead atoms. The molecule has 28 heavy (non-hydrogen) atoms. The summed E-state index contributed by atoms with van der Waals surface area (Å²) in [6, 6.07) is 8.57. The fourth-order valence-corrected chi connectivity index (χ4v) is 3.62. The van der Waals surface area contributed by atoms with Crippen LogP contribution >= 0.6 is 15.9 Å². The van der Waals surface area contributed by atoms with Gasteiger partial charge in [-0.05, 0) is 29.7 Å². The van der Waals surface area contributed by atoms with Crippen LogP contribution in [0.25, 0.3) is 4.85 Å². The number of rotatable bonds is 3. The Labute approximate surface area is 175 Å². The van der Waals surface area contributed by atoms with E-state index in [-0.39, 0.29) is 11.1 Å². The van der Waals surface area contributed by atoms with Gasteiger partial charge >= 0.3 is 0 Å². The van der Waals surface area contributed by atoms with Crippen LogP contribution in [0.1, 0.15) is 37.5 Å². The summed E-state index contributed by atoms with van der Waals surface area (Å²) in [5, 5.41) is 0. The number of nitrogens with one attached hydrogen (secondary N) is 1. The minimum Gasteiger partial charge on any atom is -0.495 e. The molecule has 0 aliphatic carbocycles. The molecule has 2 aromatic rings. The fourth-order valence-electron chi connectivity index (χ4n) is 2.61. The first-order valence-corrected chi connectivity index (χ1v) is 11.0. The third-order valence-electron chi connectivity index (χ3n) is 3.82. The van der Waals surface area contributed by atoms with Crippen LogP contribution in [0, 0.1) is 18.4 Å². The number of halogens is 1. The van der Waals surface area contributed by atoms with Crippen molar-refractivity contribution in [3.63, 3.8) is 0 Å². The van der Waals surface area contributed by atoms with E-state index in [1.54, 1.807) is 19.2 Å². The van der Waals surface area contributed by atoms with Crippen molar-refractivity contribution in [2.24, 2.45) is 0 Å². The molecule has 0 aliphatic heterocycles. The van der Waals surface area contributed by atoms with Gasteiger partial charge in [0.05, 0.1) is 25.5 Å². The summed E-state index contributed by atoms with van der Waals surface area (Å²) in [5.41, 5.74) is 2.70. The van der Waals surface area contributed by atoms with Gasteiger partial charge in [-0.2, -0.15) is 0 Å². The summed E-state index contributed by atoms with van der Waals surface area (Å²) in [6.45, 7) is 13.7. The lowest BCUT2D eigenvalue weighted by atomic mass is 9.85. The predicted molar refractivity (Wildman–Crippen MR) is 117 cm³/mol. The van der Waals surface area contributed by atoms with Gasteiger partial charge in [0.15, 0.2) is 0 Å². The summed E-state index contributed by atoms with van der Waals surface area (Å²) in [6.07, 6.45) is 1.06. The Bertz CT molecular complexity index is 1120. The van der Waals surface area contributed by atoms with E-state index in [9.17, 15) is 8.42 Å². The highest BCUT2D eigenvalue weighted by Gasteiger charge is 2.21. The molecule has 5 nitrogen and oxygen atoms in total. The Kier molecular flexibility index (Phi) is 6.44. The predicted octanol–water partition coefficient (Wildman–Crippen LogP) is 5.08. The van der Waals surface area contributed by atoms with Gasteiger partial charge in [0.25, 0.3) is 0 Å². The Balaban J connectivity index is 2.55. The Morgan fingerprint density at radius 1 is 1.14 bits per heavy atom. The molecule has 0 spiro atoms. The van der Waals surface area contributed by atoms with Crippen LogP contribution in [0.15, 0.2) is 34.8 Å². The molecule has 0 aromatic heterocycles. The maximum absolute atomic E-state index is 11.4. The molecule has 0 radical (unpaired) electrons. The molecule has 0 unspecified atom stereocenters. The number of hydrogen-bond acceptors (Lipinski definition) is 3. The fraction of sp³-hybridized carbons (Fsp3) is 0.286. The molecule has 0 amide bonds. The van der Waals surface area contributed by atoms with Gasteiger partial charge in [-0.15, -0.1) is 0 Å². The molecule has 0 saturated carbocycles. The van der Waals surface area contributed by atoms with E-state index in [0.717, 1.165) is 16.3 Å². The summed E-state index contributed by atoms with van der Waals surface area (Å²) in [7, 11) is -1.80. The van der Waals surface area contributed by atoms with Crippen LogP contribution < -0.4 is 9.46 Å². The highest BCUT2D eigenvalue weighted by atomic mass is 79.9. The highest BCUT2D eigenvalue weighted by molar-refractivity contribution is 9.10. The van der Waals surface area contributed by atoms with Crippen molar-refractivity contribution in [3.05, 3.63) is 62.9 Å². The van der Waals surface area contributed by atoms with Crippen molar-refractivity contribution in [2.45, 2.75) is 26.2 Å². The molecule has 2 rings (SSSR count). The quantitative estimate of drug-likeness (QED) is 0.513. The zero-order valence-electron chi connectivity index (χ0n) is 16.3. The molecule has 1 N–H and O–H groups in total. The second-order valence-electron chi connectivity index (χ2n) is 7.25. The molecule has 0 fully saturated rings. The van der Waals surface area contributed by atoms with Crippen LogP contribution in [0.3, 0.4) is 0 Å². The normalized spacial score (nSPS) is 11.2. The molecule has 7 heteroatoms. The maximum Gasteiger partial charge on any atom is 0.229 e. The summed E-state index contributed by atoms with van der Waals surface area (Å²) < 4.78 is 31.6. The second kappa shape index (κ2) is 8.26. The van der Waals surface area contributed by atoms with Gasteiger partial charge in [-0.25, -0.2) is 13.3 Å². The monoisotopic (exact) mass is 460 g/mol. The first-order valence-electron chi connectivity index (χ1n) is 8.34. The van der Waals surface area contributed by atoms with Crippen molar-refractivity contribution in [1.82, 2.24) is 0 Å². The van der Waals surface area contributed by atoms with Gasteiger partial charge in [0.1, 0.15) is 5.75 Å². The molecule has 0 heterocycles. The lowest BCUT2D eigenvalue weighted by molar-refractivity contribution is 0.396. The standard InChI is InChI=1S/C21H21BrN2O3S/c1-21(2,3)18-12-16(22)11-15(20(18)27-5)8-7-14-9-10-17(13-19(14)23-4)24-28(6,25)26/h9-13,24H,1-3,5-6H3. The Morgan fingerprint density at radius 2 is 1.79 bits per heavy atom. The van der Waals surface area contributed by atoms with E-state index in [0.29, 0.717) is 22.6 Å². The number of nitrogens with zero attached hydrogens (tertiary/aromatic N) is 1. The highest BCUT2D eigenvalue weighted by Crippen LogP contribution is 2.36. The number of benzene rings is 2. The van der Waals surface area contributed by atoms with Crippen molar-refractivity contribution >= 4 is 37.3 Å². The van der Waals surface area contributed by atoms with Crippen LogP contribution in [0.4, 0.5) is 11.4 Å². The number of ether oxygens (including phenoxy) is 1. The number of hydrogen-bond donors (Lipinski definition) is 1. The van der Waals surface area contributed by atoms with Gasteiger partial charge in [-0.1, -0.05) is 54.6 Å². The van der Waals surface area contributed by atoms with Crippen molar-refractivity contribution in [1.29, 1.82) is 0 Å². The third kappa shape index (κ3) is 5.51. The maximum atomic E-state index is 11.4. The van der Waals surface area contributed by atoms with E-state index in [2.05, 4.69) is 58.1 Å². The number of sulfonamides is 1. The molecule has 2 aromatic carbocycles. The van der Waals surface area contributed by atoms with Crippen LogP contribution in [0.2, 0.25) is 0 Å². The minimum atomic E-state index is -3.41. The van der Waals surface area contributed by atoms with E-state index < -0.39 is 10.0 Å². The van der Waals surface area contributed by atoms with Crippen molar-refractivity contribution < 1.29 is 13.2 Å². The lowest BCUT2D eigenvalue weighted by Crippen LogP contribution is -2.13. The molecular formula is C21H21BrN2O3S. The second-order valence-corrected chi connectivity index (χ2v) is 9.92. The van der Waals surface area contributed by atoms with E-state index in [1.807, 2.05) is 12.1 Å². The van der Waals surface area contributed by atoms with Gasteiger partial charge in [0, 0.05) is 21.3 Å². The zero-order chi connectivity index (χ0) is 21.1. The summed E-state index contributed by atoms with van der Waals surface area (Å²) in [4.78, 5) is 3.46. The molecule has 0 atom stereocenters. The summed E-state index contributed by atoms with van der Waals surface area (Å²) >= 11 is 3.52. The van der Waals surface area contributed by atoms with Crippen LogP contribution in [-0.2, 0) is 15.4 Å². The van der Waals surface area contributed by atoms with Gasteiger partial charge in [-0.3, -0.25) is 4.72 Å². The van der Waals surface area contributed by atoms with Crippen LogP contribution in [-0.4, -0.2) is 21.8 Å². The lowest BCUT2D eigenvalue weighted by Gasteiger charge is -2.23. The Morgan fingerprint density at radius 3 is 2.32 bits per heavy atom. The van der Waals surface area contributed by atoms with E-state index in [4.69, 9.17) is 11.3 Å². The third-order valence-corrected chi connectivity index (χ3v) is 4.88. The van der Waals surface area contributed by atoms with E-state index >= 15 is 0 Å². The first kappa shape index (κ1) is 21.8. The summed E-state index contributed by atoms with van der Waals surface area (Å²) in [5.74, 6) is 6.80. The smallest absolute Gasteiger partial charge is 0.229 e. The van der Waals surface area contributed by atoms with Gasteiger partial charge in [0.2, 0.25) is 15.7 Å². The van der Waals surface area contributed by atoms with Crippen molar-refractivity contribution in [3.8, 4) is 17.6 Å². The average Bonchev–Trinajstić information content (AvgIpc) is 2.57. The first-order chi connectivity index (χ1) is 12.9. The topological polar surface area (TPSA) is 59.8 Å². The minimum absolute atomic E-state index is 0.133. The molecule has 0 saturated heterocycles. The zero-order valence-corrected chi connectivity index (χ0v) is 18.7. The largest absolute Gasteiger partial charge is 0.495 e. The number of methoxy groups -OCH3 is 1. The molecular weight excluding hydrogens is 440 g/mol. The average molecular weight is 461 g/mol. The molecule has 0 aliphatic rings. The SMILES string of the molecule is [C-]#[N+]c1cc(NS(C)(=O)=O)ccc1C#Cc1cc(Br)cc(C(C)(C)C)c1OC. The van der Waals surface area contributed by atoms with Gasteiger partial charge < -0.3 is 4.74 Å². The molecule has 146 valence electrons. The van der Waals surface area contributed by atoms with E-state index in [1.165, 1.54) is 6.07 Å². The Hall–Kier alpha value is -2.48. The number of anilines is 1.